The van der Waals surface area contributed by atoms with Crippen LogP contribution < -0.4 is 0 Å². The number of methoxy groups -OCH3 is 1. The summed E-state index contributed by atoms with van der Waals surface area (Å²) in [6, 6.07) is 0. The Bertz CT molecular complexity index is 429. The summed E-state index contributed by atoms with van der Waals surface area (Å²) in [5.41, 5.74) is -0.470. The first-order chi connectivity index (χ1) is 10.00. The molecule has 5 fully saturated rings. The summed E-state index contributed by atoms with van der Waals surface area (Å²) in [6.45, 7) is 6.46. The molecule has 0 N–H and O–H groups in total. The Kier molecular flexibility index (Phi) is 3.19. The van der Waals surface area contributed by atoms with Crippen LogP contribution in [0.4, 0.5) is 0 Å². The lowest BCUT2D eigenvalue weighted by Crippen LogP contribution is -2.70. The Hall–Kier alpha value is -0.200. The molecule has 2 unspecified atom stereocenters. The van der Waals surface area contributed by atoms with Gasteiger partial charge in [-0.05, 0) is 38.0 Å². The predicted molar refractivity (Wildman–Crippen MR) is 73.8 cm³/mol. The molecule has 4 aliphatic heterocycles. The molecule has 0 radical (unpaired) electrons. The van der Waals surface area contributed by atoms with Crippen molar-refractivity contribution in [2.24, 2.45) is 23.7 Å². The Balaban J connectivity index is 1.79. The highest BCUT2D eigenvalue weighted by Crippen LogP contribution is 2.60. The van der Waals surface area contributed by atoms with Crippen LogP contribution in [0, 0.1) is 23.7 Å². The normalized spacial score (nSPS) is 59.4. The molecule has 120 valence electrons. The van der Waals surface area contributed by atoms with E-state index in [1.807, 2.05) is 6.92 Å². The van der Waals surface area contributed by atoms with Crippen LogP contribution in [0.1, 0.15) is 46.5 Å². The van der Waals surface area contributed by atoms with E-state index in [1.54, 1.807) is 7.11 Å². The highest BCUT2D eigenvalue weighted by molar-refractivity contribution is 5.08. The van der Waals surface area contributed by atoms with E-state index < -0.39 is 17.7 Å². The minimum Gasteiger partial charge on any atom is -0.355 e. The van der Waals surface area contributed by atoms with E-state index in [1.165, 1.54) is 6.42 Å². The molecule has 5 aliphatic rings. The van der Waals surface area contributed by atoms with E-state index in [0.717, 1.165) is 19.3 Å². The van der Waals surface area contributed by atoms with E-state index >= 15 is 0 Å². The molecule has 5 rings (SSSR count). The summed E-state index contributed by atoms with van der Waals surface area (Å²) >= 11 is 0. The fourth-order valence-corrected chi connectivity index (χ4v) is 5.14. The quantitative estimate of drug-likeness (QED) is 0.697. The molecule has 1 spiro atoms. The van der Waals surface area contributed by atoms with E-state index in [4.69, 9.17) is 24.0 Å². The molecule has 4 saturated heterocycles. The Morgan fingerprint density at radius 1 is 1.05 bits per heavy atom. The van der Waals surface area contributed by atoms with Gasteiger partial charge in [0.2, 0.25) is 5.79 Å². The van der Waals surface area contributed by atoms with Gasteiger partial charge in [0.15, 0.2) is 18.2 Å². The SMILES string of the molecule is COC1O[C@@H]2O[C@]3(C)CC[C@H]4[C@H](C)CC[C@@H]([C@H]1C)C24OO3. The van der Waals surface area contributed by atoms with Gasteiger partial charge in [-0.3, -0.25) is 0 Å². The van der Waals surface area contributed by atoms with E-state index in [0.29, 0.717) is 17.8 Å². The zero-order valence-corrected chi connectivity index (χ0v) is 13.3. The Morgan fingerprint density at radius 2 is 1.86 bits per heavy atom. The first-order valence-corrected chi connectivity index (χ1v) is 8.23. The van der Waals surface area contributed by atoms with Crippen molar-refractivity contribution in [3.63, 3.8) is 0 Å². The summed E-state index contributed by atoms with van der Waals surface area (Å²) in [5.74, 6) is 0.953. The second-order valence-corrected chi connectivity index (χ2v) is 7.51. The van der Waals surface area contributed by atoms with Crippen molar-refractivity contribution in [2.45, 2.75) is 70.4 Å². The molecule has 0 aromatic rings. The molecule has 5 heteroatoms. The number of hydrogen-bond acceptors (Lipinski definition) is 5. The van der Waals surface area contributed by atoms with E-state index in [9.17, 15) is 0 Å². The average Bonchev–Trinajstić information content (AvgIpc) is 2.69. The van der Waals surface area contributed by atoms with Gasteiger partial charge >= 0.3 is 0 Å². The summed E-state index contributed by atoms with van der Waals surface area (Å²) in [6.07, 6.45) is 3.64. The first-order valence-electron chi connectivity index (χ1n) is 8.23. The molecule has 0 aromatic carbocycles. The molecule has 1 aliphatic carbocycles. The predicted octanol–water partition coefficient (Wildman–Crippen LogP) is 2.84. The van der Waals surface area contributed by atoms with Gasteiger partial charge in [0.1, 0.15) is 0 Å². The largest absolute Gasteiger partial charge is 0.355 e. The third kappa shape index (κ3) is 1.81. The first kappa shape index (κ1) is 14.4. The average molecular weight is 298 g/mol. The second-order valence-electron chi connectivity index (χ2n) is 7.51. The van der Waals surface area contributed by atoms with Gasteiger partial charge in [-0.1, -0.05) is 13.8 Å². The fraction of sp³-hybridized carbons (Fsp3) is 1.00. The molecular formula is C16H26O5. The van der Waals surface area contributed by atoms with Crippen molar-refractivity contribution in [1.82, 2.24) is 0 Å². The van der Waals surface area contributed by atoms with E-state index in [-0.39, 0.29) is 12.2 Å². The van der Waals surface area contributed by atoms with Gasteiger partial charge in [-0.15, -0.1) is 0 Å². The Morgan fingerprint density at radius 3 is 2.62 bits per heavy atom. The van der Waals surface area contributed by atoms with Crippen LogP contribution in [-0.2, 0) is 24.0 Å². The van der Waals surface area contributed by atoms with Gasteiger partial charge < -0.3 is 14.2 Å². The van der Waals surface area contributed by atoms with Crippen LogP contribution in [-0.4, -0.2) is 31.1 Å². The summed E-state index contributed by atoms with van der Waals surface area (Å²) in [4.78, 5) is 11.8. The molecule has 0 aromatic heterocycles. The van der Waals surface area contributed by atoms with Crippen LogP contribution in [0.3, 0.4) is 0 Å². The Labute approximate surface area is 126 Å². The van der Waals surface area contributed by atoms with Gasteiger partial charge in [0.25, 0.3) is 0 Å². The van der Waals surface area contributed by atoms with Crippen molar-refractivity contribution in [3.05, 3.63) is 0 Å². The van der Waals surface area contributed by atoms with Crippen molar-refractivity contribution < 1.29 is 24.0 Å². The molecule has 21 heavy (non-hydrogen) atoms. The zero-order chi connectivity index (χ0) is 14.8. The molecule has 8 atom stereocenters. The second kappa shape index (κ2) is 4.65. The molecule has 0 amide bonds. The highest BCUT2D eigenvalue weighted by atomic mass is 17.3. The lowest BCUT2D eigenvalue weighted by molar-refractivity contribution is -0.577. The highest BCUT2D eigenvalue weighted by Gasteiger charge is 2.69. The fourth-order valence-electron chi connectivity index (χ4n) is 5.14. The lowest BCUT2D eigenvalue weighted by Gasteiger charge is -2.60. The maximum Gasteiger partial charge on any atom is 0.201 e. The van der Waals surface area contributed by atoms with Crippen molar-refractivity contribution in [2.75, 3.05) is 7.11 Å². The van der Waals surface area contributed by atoms with Gasteiger partial charge in [0, 0.05) is 25.4 Å². The molecule has 2 bridgehead atoms. The van der Waals surface area contributed by atoms with Gasteiger partial charge in [-0.2, -0.15) is 0 Å². The summed E-state index contributed by atoms with van der Waals surface area (Å²) in [7, 11) is 1.70. The molecule has 1 saturated carbocycles. The van der Waals surface area contributed by atoms with Crippen molar-refractivity contribution in [3.8, 4) is 0 Å². The number of rotatable bonds is 1. The zero-order valence-electron chi connectivity index (χ0n) is 13.3. The van der Waals surface area contributed by atoms with Gasteiger partial charge in [-0.25, -0.2) is 9.78 Å². The smallest absolute Gasteiger partial charge is 0.201 e. The maximum absolute atomic E-state index is 6.21. The molecule has 4 heterocycles. The van der Waals surface area contributed by atoms with E-state index in [2.05, 4.69) is 13.8 Å². The molecule has 5 nitrogen and oxygen atoms in total. The topological polar surface area (TPSA) is 46.2 Å². The summed E-state index contributed by atoms with van der Waals surface area (Å²) in [5, 5.41) is 0. The van der Waals surface area contributed by atoms with Crippen molar-refractivity contribution >= 4 is 0 Å². The number of fused-ring (bicyclic) bond motifs is 2. The van der Waals surface area contributed by atoms with Crippen LogP contribution >= 0.6 is 0 Å². The third-order valence-electron chi connectivity index (χ3n) is 6.33. The standard InChI is InChI=1S/C16H26O5/c1-9-5-6-12-10(2)13(17-4)18-14-16(12)11(9)7-8-15(3,19-14)20-21-16/h9-14H,5-8H2,1-4H3/t9-,10-,11+,12+,13?,14-,15+,16?/m1/s1. The van der Waals surface area contributed by atoms with Crippen LogP contribution in [0.15, 0.2) is 0 Å². The van der Waals surface area contributed by atoms with Crippen LogP contribution in [0.2, 0.25) is 0 Å². The molecular weight excluding hydrogens is 272 g/mol. The monoisotopic (exact) mass is 298 g/mol. The lowest BCUT2D eigenvalue weighted by atomic mass is 9.58. The number of ether oxygens (including phenoxy) is 3. The van der Waals surface area contributed by atoms with Gasteiger partial charge in [0.05, 0.1) is 0 Å². The minimum atomic E-state index is -0.698. The van der Waals surface area contributed by atoms with Crippen LogP contribution in [0.5, 0.6) is 0 Å². The number of hydrogen-bond donors (Lipinski definition) is 0. The van der Waals surface area contributed by atoms with Crippen LogP contribution in [0.25, 0.3) is 0 Å². The third-order valence-corrected chi connectivity index (χ3v) is 6.33. The summed E-state index contributed by atoms with van der Waals surface area (Å²) < 4.78 is 17.9. The van der Waals surface area contributed by atoms with Crippen molar-refractivity contribution in [1.29, 1.82) is 0 Å². The minimum absolute atomic E-state index is 0.230. The maximum atomic E-state index is 6.21.